The molecule has 2 unspecified atom stereocenters. The molecule has 1 aromatic heterocycles. The number of benzene rings is 1. The SMILES string of the molecule is CC1CN(Cc2csc(NC(=O)C3(c4ccccc4)CC3)n2)CC(C)O1. The number of hydrogen-bond donors (Lipinski definition) is 1. The number of morpholine rings is 1. The van der Waals surface area contributed by atoms with Gasteiger partial charge in [0.1, 0.15) is 0 Å². The van der Waals surface area contributed by atoms with Gasteiger partial charge in [-0.2, -0.15) is 0 Å². The molecule has 2 heterocycles. The summed E-state index contributed by atoms with van der Waals surface area (Å²) in [5.74, 6) is 0.0678. The lowest BCUT2D eigenvalue weighted by atomic mass is 9.95. The first-order valence-corrected chi connectivity index (χ1v) is 10.1. The number of ether oxygens (including phenoxy) is 1. The van der Waals surface area contributed by atoms with E-state index in [0.717, 1.165) is 43.7 Å². The van der Waals surface area contributed by atoms with Gasteiger partial charge in [-0.1, -0.05) is 30.3 Å². The van der Waals surface area contributed by atoms with Crippen LogP contribution in [0.25, 0.3) is 0 Å². The molecule has 2 aromatic rings. The predicted octanol–water partition coefficient (Wildman–Crippen LogP) is 3.42. The quantitative estimate of drug-likeness (QED) is 0.875. The lowest BCUT2D eigenvalue weighted by Gasteiger charge is -2.34. The topological polar surface area (TPSA) is 54.5 Å². The summed E-state index contributed by atoms with van der Waals surface area (Å²) in [6.07, 6.45) is 2.31. The smallest absolute Gasteiger partial charge is 0.236 e. The number of carbonyl (C=O) groups excluding carboxylic acids is 1. The summed E-state index contributed by atoms with van der Waals surface area (Å²) in [6, 6.07) is 10.1. The second-order valence-electron chi connectivity index (χ2n) is 7.50. The first kappa shape index (κ1) is 17.6. The number of nitrogens with one attached hydrogen (secondary N) is 1. The fourth-order valence-corrected chi connectivity index (χ4v) is 4.52. The molecule has 1 saturated heterocycles. The van der Waals surface area contributed by atoms with Gasteiger partial charge in [-0.05, 0) is 32.3 Å². The minimum Gasteiger partial charge on any atom is -0.373 e. The molecule has 2 atom stereocenters. The summed E-state index contributed by atoms with van der Waals surface area (Å²) in [5.41, 5.74) is 1.75. The number of aromatic nitrogens is 1. The van der Waals surface area contributed by atoms with Crippen molar-refractivity contribution in [3.05, 3.63) is 47.0 Å². The van der Waals surface area contributed by atoms with Crippen LogP contribution in [0.4, 0.5) is 5.13 Å². The Hall–Kier alpha value is -1.76. The van der Waals surface area contributed by atoms with Crippen LogP contribution in [-0.2, 0) is 21.5 Å². The normalized spacial score (nSPS) is 25.0. The third kappa shape index (κ3) is 3.68. The maximum absolute atomic E-state index is 12.8. The molecule has 1 aromatic carbocycles. The van der Waals surface area contributed by atoms with Crippen molar-refractivity contribution in [3.63, 3.8) is 0 Å². The molecule has 0 bridgehead atoms. The van der Waals surface area contributed by atoms with Crippen molar-refractivity contribution in [3.8, 4) is 0 Å². The van der Waals surface area contributed by atoms with Gasteiger partial charge >= 0.3 is 0 Å². The fourth-order valence-electron chi connectivity index (χ4n) is 3.83. The van der Waals surface area contributed by atoms with Gasteiger partial charge in [-0.25, -0.2) is 4.98 Å². The molecule has 138 valence electrons. The monoisotopic (exact) mass is 371 g/mol. The highest BCUT2D eigenvalue weighted by Gasteiger charge is 2.51. The van der Waals surface area contributed by atoms with E-state index in [9.17, 15) is 4.79 Å². The summed E-state index contributed by atoms with van der Waals surface area (Å²) >= 11 is 1.51. The highest BCUT2D eigenvalue weighted by molar-refractivity contribution is 7.13. The number of rotatable bonds is 5. The fraction of sp³-hybridized carbons (Fsp3) is 0.500. The zero-order chi connectivity index (χ0) is 18.1. The molecule has 0 spiro atoms. The van der Waals surface area contributed by atoms with Crippen molar-refractivity contribution in [1.29, 1.82) is 0 Å². The highest BCUT2D eigenvalue weighted by Crippen LogP contribution is 2.49. The average Bonchev–Trinajstić information content (AvgIpc) is 3.32. The Kier molecular flexibility index (Phi) is 4.82. The zero-order valence-corrected chi connectivity index (χ0v) is 16.1. The van der Waals surface area contributed by atoms with Crippen LogP contribution < -0.4 is 5.32 Å². The Morgan fingerprint density at radius 1 is 1.27 bits per heavy atom. The van der Waals surface area contributed by atoms with E-state index in [1.807, 2.05) is 35.7 Å². The van der Waals surface area contributed by atoms with Crippen molar-refractivity contribution in [2.75, 3.05) is 18.4 Å². The van der Waals surface area contributed by atoms with E-state index in [1.54, 1.807) is 0 Å². The molecule has 4 rings (SSSR count). The van der Waals surface area contributed by atoms with E-state index in [2.05, 4.69) is 29.0 Å². The van der Waals surface area contributed by atoms with Gasteiger partial charge in [0.2, 0.25) is 5.91 Å². The van der Waals surface area contributed by atoms with Crippen LogP contribution in [0, 0.1) is 0 Å². The molecule has 1 saturated carbocycles. The Morgan fingerprint density at radius 3 is 2.62 bits per heavy atom. The number of carbonyl (C=O) groups is 1. The van der Waals surface area contributed by atoms with Gasteiger partial charge < -0.3 is 10.1 Å². The molecule has 0 radical (unpaired) electrons. The first-order valence-electron chi connectivity index (χ1n) is 9.24. The third-order valence-electron chi connectivity index (χ3n) is 5.16. The predicted molar refractivity (Wildman–Crippen MR) is 103 cm³/mol. The first-order chi connectivity index (χ1) is 12.5. The van der Waals surface area contributed by atoms with Crippen molar-refractivity contribution < 1.29 is 9.53 Å². The van der Waals surface area contributed by atoms with Crippen LogP contribution in [0.5, 0.6) is 0 Å². The Balaban J connectivity index is 1.39. The number of nitrogens with zero attached hydrogens (tertiary/aromatic N) is 2. The molecule has 1 aliphatic heterocycles. The van der Waals surface area contributed by atoms with E-state index < -0.39 is 0 Å². The minimum absolute atomic E-state index is 0.0678. The Labute approximate surface area is 158 Å². The molecule has 2 fully saturated rings. The number of hydrogen-bond acceptors (Lipinski definition) is 5. The average molecular weight is 372 g/mol. The van der Waals surface area contributed by atoms with E-state index in [0.29, 0.717) is 5.13 Å². The zero-order valence-electron chi connectivity index (χ0n) is 15.3. The molecule has 26 heavy (non-hydrogen) atoms. The number of amides is 1. The number of anilines is 1. The van der Waals surface area contributed by atoms with E-state index in [4.69, 9.17) is 4.74 Å². The summed E-state index contributed by atoms with van der Waals surface area (Å²) in [7, 11) is 0. The summed E-state index contributed by atoms with van der Waals surface area (Å²) in [5, 5.41) is 5.78. The van der Waals surface area contributed by atoms with Gasteiger partial charge in [-0.3, -0.25) is 9.69 Å². The molecule has 1 N–H and O–H groups in total. The van der Waals surface area contributed by atoms with E-state index in [-0.39, 0.29) is 23.5 Å². The van der Waals surface area contributed by atoms with Crippen LogP contribution in [0.1, 0.15) is 37.9 Å². The molecular weight excluding hydrogens is 346 g/mol. The van der Waals surface area contributed by atoms with Gasteiger partial charge in [-0.15, -0.1) is 11.3 Å². The molecule has 1 amide bonds. The van der Waals surface area contributed by atoms with Crippen LogP contribution >= 0.6 is 11.3 Å². The van der Waals surface area contributed by atoms with Crippen molar-refractivity contribution in [2.45, 2.75) is 50.9 Å². The van der Waals surface area contributed by atoms with Crippen LogP contribution in [0.3, 0.4) is 0 Å². The molecular formula is C20H25N3O2S. The van der Waals surface area contributed by atoms with E-state index in [1.165, 1.54) is 11.3 Å². The van der Waals surface area contributed by atoms with Crippen molar-refractivity contribution in [2.24, 2.45) is 0 Å². The summed E-state index contributed by atoms with van der Waals surface area (Å²) < 4.78 is 5.78. The van der Waals surface area contributed by atoms with Crippen LogP contribution in [0.15, 0.2) is 35.7 Å². The number of thiazole rings is 1. The maximum atomic E-state index is 12.8. The second-order valence-corrected chi connectivity index (χ2v) is 8.36. The molecule has 5 nitrogen and oxygen atoms in total. The van der Waals surface area contributed by atoms with Gasteiger partial charge in [0.05, 0.1) is 23.3 Å². The standard InChI is InChI=1S/C20H25N3O2S/c1-14-10-23(11-15(2)25-14)12-17-13-26-19(21-17)22-18(24)20(8-9-20)16-6-4-3-5-7-16/h3-7,13-15H,8-12H2,1-2H3,(H,21,22,24). The van der Waals surface area contributed by atoms with Gasteiger partial charge in [0, 0.05) is 25.0 Å². The molecule has 1 aliphatic carbocycles. The lowest BCUT2D eigenvalue weighted by molar-refractivity contribution is -0.118. The Bertz CT molecular complexity index is 762. The summed E-state index contributed by atoms with van der Waals surface area (Å²) in [4.78, 5) is 19.8. The maximum Gasteiger partial charge on any atom is 0.236 e. The second kappa shape index (κ2) is 7.10. The highest BCUT2D eigenvalue weighted by atomic mass is 32.1. The van der Waals surface area contributed by atoms with Crippen LogP contribution in [0.2, 0.25) is 0 Å². The van der Waals surface area contributed by atoms with E-state index >= 15 is 0 Å². The van der Waals surface area contributed by atoms with Gasteiger partial charge in [0.25, 0.3) is 0 Å². The molecule has 2 aliphatic rings. The third-order valence-corrected chi connectivity index (χ3v) is 5.97. The Morgan fingerprint density at radius 2 is 1.96 bits per heavy atom. The minimum atomic E-state index is -0.359. The van der Waals surface area contributed by atoms with Crippen molar-refractivity contribution in [1.82, 2.24) is 9.88 Å². The van der Waals surface area contributed by atoms with Crippen molar-refractivity contribution >= 4 is 22.4 Å². The largest absolute Gasteiger partial charge is 0.373 e. The lowest BCUT2D eigenvalue weighted by Crippen LogP contribution is -2.44. The summed E-state index contributed by atoms with van der Waals surface area (Å²) in [6.45, 7) is 6.84. The van der Waals surface area contributed by atoms with Crippen LogP contribution in [-0.4, -0.2) is 41.1 Å². The van der Waals surface area contributed by atoms with Gasteiger partial charge in [0.15, 0.2) is 5.13 Å². The molecule has 6 heteroatoms.